The minimum Gasteiger partial charge on any atom is -0.493 e. The summed E-state index contributed by atoms with van der Waals surface area (Å²) in [4.78, 5) is 32.4. The van der Waals surface area contributed by atoms with Crippen LogP contribution in [0.5, 0.6) is 11.5 Å². The minimum absolute atomic E-state index is 0.209. The van der Waals surface area contributed by atoms with Gasteiger partial charge < -0.3 is 14.2 Å². The van der Waals surface area contributed by atoms with Crippen molar-refractivity contribution in [2.24, 2.45) is 4.99 Å². The molecule has 0 spiro atoms. The Labute approximate surface area is 198 Å². The molecule has 172 valence electrons. The summed E-state index contributed by atoms with van der Waals surface area (Å²) in [6, 6.07) is 8.77. The highest BCUT2D eigenvalue weighted by molar-refractivity contribution is 7.10. The fourth-order valence-corrected chi connectivity index (χ4v) is 5.58. The molecule has 1 aliphatic heterocycles. The predicted octanol–water partition coefficient (Wildman–Crippen LogP) is 3.27. The molecule has 0 aliphatic carbocycles. The molecule has 0 N–H and O–H groups in total. The van der Waals surface area contributed by atoms with Crippen LogP contribution in [0.2, 0.25) is 0 Å². The lowest BCUT2D eigenvalue weighted by molar-refractivity contribution is -0.139. The molecule has 9 heteroatoms. The van der Waals surface area contributed by atoms with Crippen molar-refractivity contribution in [1.29, 1.82) is 0 Å². The normalized spacial score (nSPS) is 15.8. The van der Waals surface area contributed by atoms with Crippen molar-refractivity contribution in [1.82, 2.24) is 4.57 Å². The Hall–Kier alpha value is -3.17. The first-order chi connectivity index (χ1) is 16.0. The first-order valence-corrected chi connectivity index (χ1v) is 12.2. The van der Waals surface area contributed by atoms with Crippen LogP contribution in [0.1, 0.15) is 37.3 Å². The lowest BCUT2D eigenvalue weighted by Crippen LogP contribution is -2.39. The summed E-state index contributed by atoms with van der Waals surface area (Å²) in [5.41, 5.74) is 1.54. The van der Waals surface area contributed by atoms with Gasteiger partial charge in [-0.1, -0.05) is 23.5 Å². The summed E-state index contributed by atoms with van der Waals surface area (Å²) in [7, 11) is 1.58. The number of nitrogens with zero attached hydrogens (tertiary/aromatic N) is 2. The first-order valence-electron chi connectivity index (χ1n) is 10.5. The molecule has 0 radical (unpaired) electrons. The summed E-state index contributed by atoms with van der Waals surface area (Å²) >= 11 is 2.78. The molecular formula is C24H24N2O5S2. The van der Waals surface area contributed by atoms with E-state index in [2.05, 4.69) is 4.99 Å². The number of thiazole rings is 1. The lowest BCUT2D eigenvalue weighted by Gasteiger charge is -2.23. The molecule has 3 heterocycles. The molecule has 1 aromatic carbocycles. The Kier molecular flexibility index (Phi) is 6.80. The Morgan fingerprint density at radius 3 is 2.70 bits per heavy atom. The molecule has 0 amide bonds. The van der Waals surface area contributed by atoms with Gasteiger partial charge in [0.15, 0.2) is 16.3 Å². The average molecular weight is 485 g/mol. The maximum absolute atomic E-state index is 13.5. The summed E-state index contributed by atoms with van der Waals surface area (Å²) in [6.07, 6.45) is 1.80. The molecule has 3 aromatic rings. The van der Waals surface area contributed by atoms with Gasteiger partial charge in [-0.05, 0) is 56.0 Å². The fraction of sp³-hybridized carbons (Fsp3) is 0.292. The SMILES string of the molecule is CCOC(=O)C1=C(C)N=c2s/c(=C/c3ccc(OCC)c(OC)c3)c(=O)n2[C@@H]1c1cccs1. The van der Waals surface area contributed by atoms with Gasteiger partial charge in [0.25, 0.3) is 5.56 Å². The first kappa shape index (κ1) is 23.0. The number of rotatable bonds is 7. The van der Waals surface area contributed by atoms with E-state index in [-0.39, 0.29) is 12.2 Å². The molecule has 7 nitrogen and oxygen atoms in total. The number of aromatic nitrogens is 1. The van der Waals surface area contributed by atoms with E-state index in [9.17, 15) is 9.59 Å². The number of carbonyl (C=O) groups excluding carboxylic acids is 1. The molecule has 33 heavy (non-hydrogen) atoms. The average Bonchev–Trinajstić information content (AvgIpc) is 3.43. The third-order valence-electron chi connectivity index (χ3n) is 5.11. The van der Waals surface area contributed by atoms with Gasteiger partial charge in [0.2, 0.25) is 0 Å². The van der Waals surface area contributed by atoms with Crippen molar-refractivity contribution >= 4 is 34.7 Å². The molecule has 0 fully saturated rings. The molecular weight excluding hydrogens is 460 g/mol. The lowest BCUT2D eigenvalue weighted by atomic mass is 10.0. The standard InChI is InChI=1S/C24H24N2O5S2/c1-5-30-16-10-9-15(12-17(16)29-4)13-19-22(27)26-21(18-8-7-11-32-18)20(23(28)31-6-2)14(3)25-24(26)33-19/h7-13,21H,5-6H2,1-4H3/b19-13+/t21-/m1/s1. The summed E-state index contributed by atoms with van der Waals surface area (Å²) in [5.74, 6) is 0.781. The van der Waals surface area contributed by atoms with E-state index in [0.29, 0.717) is 38.7 Å². The highest BCUT2D eigenvalue weighted by atomic mass is 32.1. The van der Waals surface area contributed by atoms with Crippen molar-refractivity contribution < 1.29 is 19.0 Å². The highest BCUT2D eigenvalue weighted by Gasteiger charge is 2.33. The van der Waals surface area contributed by atoms with E-state index in [1.54, 1.807) is 31.6 Å². The maximum atomic E-state index is 13.5. The fourth-order valence-electron chi connectivity index (χ4n) is 3.71. The van der Waals surface area contributed by atoms with Gasteiger partial charge in [0.1, 0.15) is 6.04 Å². The van der Waals surface area contributed by atoms with E-state index >= 15 is 0 Å². The third-order valence-corrected chi connectivity index (χ3v) is 7.02. The maximum Gasteiger partial charge on any atom is 0.338 e. The van der Waals surface area contributed by atoms with Crippen molar-refractivity contribution in [3.8, 4) is 11.5 Å². The number of carbonyl (C=O) groups is 1. The number of hydrogen-bond acceptors (Lipinski definition) is 8. The minimum atomic E-state index is -0.572. The van der Waals surface area contributed by atoms with Gasteiger partial charge in [-0.2, -0.15) is 0 Å². The van der Waals surface area contributed by atoms with E-state index < -0.39 is 12.0 Å². The highest BCUT2D eigenvalue weighted by Crippen LogP contribution is 2.33. The summed E-state index contributed by atoms with van der Waals surface area (Å²) in [6.45, 7) is 6.22. The van der Waals surface area contributed by atoms with Gasteiger partial charge in [-0.25, -0.2) is 9.79 Å². The topological polar surface area (TPSA) is 79.1 Å². The van der Waals surface area contributed by atoms with Gasteiger partial charge in [-0.15, -0.1) is 11.3 Å². The van der Waals surface area contributed by atoms with Crippen LogP contribution in [0.25, 0.3) is 6.08 Å². The van der Waals surface area contributed by atoms with Crippen LogP contribution >= 0.6 is 22.7 Å². The number of thiophene rings is 1. The molecule has 0 bridgehead atoms. The predicted molar refractivity (Wildman–Crippen MR) is 129 cm³/mol. The monoisotopic (exact) mass is 484 g/mol. The molecule has 2 aromatic heterocycles. The number of hydrogen-bond donors (Lipinski definition) is 0. The Bertz CT molecular complexity index is 1380. The zero-order valence-electron chi connectivity index (χ0n) is 18.8. The van der Waals surface area contributed by atoms with Crippen LogP contribution in [0.15, 0.2) is 56.8 Å². The van der Waals surface area contributed by atoms with Crippen LogP contribution < -0.4 is 24.4 Å². The number of benzene rings is 1. The van der Waals surface area contributed by atoms with Crippen LogP contribution in [0, 0.1) is 0 Å². The van der Waals surface area contributed by atoms with Crippen molar-refractivity contribution in [2.45, 2.75) is 26.8 Å². The van der Waals surface area contributed by atoms with Gasteiger partial charge in [-0.3, -0.25) is 9.36 Å². The molecule has 0 unspecified atom stereocenters. The zero-order valence-corrected chi connectivity index (χ0v) is 20.4. The summed E-state index contributed by atoms with van der Waals surface area (Å²) in [5, 5.41) is 1.93. The Balaban J connectivity index is 1.87. The van der Waals surface area contributed by atoms with Crippen molar-refractivity contribution in [3.05, 3.63) is 77.1 Å². The van der Waals surface area contributed by atoms with E-state index in [0.717, 1.165) is 10.4 Å². The molecule has 0 saturated heterocycles. The van der Waals surface area contributed by atoms with E-state index in [1.807, 2.05) is 42.6 Å². The third kappa shape index (κ3) is 4.38. The smallest absolute Gasteiger partial charge is 0.338 e. The number of ether oxygens (including phenoxy) is 3. The van der Waals surface area contributed by atoms with Crippen molar-refractivity contribution in [3.63, 3.8) is 0 Å². The van der Waals surface area contributed by atoms with Crippen LogP contribution in [-0.4, -0.2) is 30.9 Å². The molecule has 4 rings (SSSR count). The zero-order chi connectivity index (χ0) is 23.5. The Morgan fingerprint density at radius 2 is 2.03 bits per heavy atom. The number of allylic oxidation sites excluding steroid dienone is 1. The van der Waals surface area contributed by atoms with Crippen LogP contribution in [0.3, 0.4) is 0 Å². The van der Waals surface area contributed by atoms with Gasteiger partial charge in [0, 0.05) is 4.88 Å². The van der Waals surface area contributed by atoms with Crippen LogP contribution in [-0.2, 0) is 9.53 Å². The second kappa shape index (κ2) is 9.76. The second-order valence-corrected chi connectivity index (χ2v) is 9.15. The Morgan fingerprint density at radius 1 is 1.21 bits per heavy atom. The quantitative estimate of drug-likeness (QED) is 0.481. The van der Waals surface area contributed by atoms with E-state index in [4.69, 9.17) is 14.2 Å². The van der Waals surface area contributed by atoms with E-state index in [1.165, 1.54) is 22.7 Å². The molecule has 1 aliphatic rings. The van der Waals surface area contributed by atoms with Gasteiger partial charge >= 0.3 is 5.97 Å². The second-order valence-electron chi connectivity index (χ2n) is 7.16. The number of fused-ring (bicyclic) bond motifs is 1. The van der Waals surface area contributed by atoms with Crippen molar-refractivity contribution in [2.75, 3.05) is 20.3 Å². The van der Waals surface area contributed by atoms with Crippen LogP contribution in [0.4, 0.5) is 0 Å². The van der Waals surface area contributed by atoms with Gasteiger partial charge in [0.05, 0.1) is 36.1 Å². The molecule has 1 atom stereocenters. The molecule has 0 saturated carbocycles. The number of esters is 1. The number of methoxy groups -OCH3 is 1. The summed E-state index contributed by atoms with van der Waals surface area (Å²) < 4.78 is 18.4. The largest absolute Gasteiger partial charge is 0.493 e.